The Morgan fingerprint density at radius 2 is 2.00 bits per heavy atom. The van der Waals surface area contributed by atoms with Crippen molar-refractivity contribution in [2.24, 2.45) is 0 Å². The molecule has 160 valence electrons. The molecule has 0 spiro atoms. The van der Waals surface area contributed by atoms with Crippen LogP contribution in [-0.4, -0.2) is 25.7 Å². The molecule has 0 aliphatic rings. The van der Waals surface area contributed by atoms with E-state index < -0.39 is 0 Å². The van der Waals surface area contributed by atoms with Crippen molar-refractivity contribution in [2.45, 2.75) is 26.4 Å². The molecule has 1 amide bonds. The summed E-state index contributed by atoms with van der Waals surface area (Å²) in [5, 5.41) is 8.92. The van der Waals surface area contributed by atoms with Crippen LogP contribution in [-0.2, 0) is 6.54 Å². The number of hydrogen-bond acceptors (Lipinski definition) is 5. The minimum atomic E-state index is -0.280. The fraction of sp³-hybridized carbons (Fsp3) is 0.167. The predicted molar refractivity (Wildman–Crippen MR) is 121 cm³/mol. The molecule has 8 heteroatoms. The van der Waals surface area contributed by atoms with Crippen molar-refractivity contribution in [2.75, 3.05) is 0 Å². The number of H-pyrrole nitrogens is 1. The van der Waals surface area contributed by atoms with Gasteiger partial charge >= 0.3 is 0 Å². The molecule has 0 atom stereocenters. The van der Waals surface area contributed by atoms with E-state index in [9.17, 15) is 9.59 Å². The second-order valence-electron chi connectivity index (χ2n) is 7.84. The minimum absolute atomic E-state index is 0.0742. The number of carbonyl (C=O) groups is 1. The quantitative estimate of drug-likeness (QED) is 0.440. The highest BCUT2D eigenvalue weighted by Crippen LogP contribution is 2.27. The first kappa shape index (κ1) is 19.7. The van der Waals surface area contributed by atoms with Crippen molar-refractivity contribution in [3.8, 4) is 11.5 Å². The maximum atomic E-state index is 13.3. The van der Waals surface area contributed by atoms with Crippen molar-refractivity contribution < 1.29 is 9.21 Å². The third-order valence-electron chi connectivity index (χ3n) is 5.35. The van der Waals surface area contributed by atoms with Gasteiger partial charge < -0.3 is 14.7 Å². The number of nitrogens with zero attached hydrogens (tertiary/aromatic N) is 3. The van der Waals surface area contributed by atoms with Crippen LogP contribution in [0.3, 0.4) is 0 Å². The van der Waals surface area contributed by atoms with Crippen LogP contribution >= 0.6 is 0 Å². The fourth-order valence-corrected chi connectivity index (χ4v) is 3.83. The summed E-state index contributed by atoms with van der Waals surface area (Å²) in [5.41, 5.74) is 2.87. The number of amides is 1. The number of aromatic amines is 1. The highest BCUT2D eigenvalue weighted by Gasteiger charge is 2.19. The summed E-state index contributed by atoms with van der Waals surface area (Å²) in [7, 11) is 0. The van der Waals surface area contributed by atoms with Gasteiger partial charge in [-0.15, -0.1) is 0 Å². The van der Waals surface area contributed by atoms with E-state index in [2.05, 4.69) is 15.4 Å². The van der Waals surface area contributed by atoms with Crippen LogP contribution in [0.5, 0.6) is 0 Å². The van der Waals surface area contributed by atoms with E-state index in [1.807, 2.05) is 38.1 Å². The first-order valence-corrected chi connectivity index (χ1v) is 10.3. The molecule has 0 saturated carbocycles. The lowest BCUT2D eigenvalue weighted by Crippen LogP contribution is -2.24. The monoisotopic (exact) mass is 427 g/mol. The molecule has 0 radical (unpaired) electrons. The molecule has 5 aromatic rings. The average molecular weight is 427 g/mol. The molecular formula is C24H21N5O3. The summed E-state index contributed by atoms with van der Waals surface area (Å²) in [6.45, 7) is 4.22. The van der Waals surface area contributed by atoms with Crippen LogP contribution in [0.4, 0.5) is 0 Å². The largest absolute Gasteiger partial charge is 0.463 e. The van der Waals surface area contributed by atoms with Crippen LogP contribution in [0, 0.1) is 0 Å². The zero-order valence-electron chi connectivity index (χ0n) is 17.6. The number of hydrogen-bond donors (Lipinski definition) is 2. The van der Waals surface area contributed by atoms with Crippen LogP contribution in [0.2, 0.25) is 0 Å². The summed E-state index contributed by atoms with van der Waals surface area (Å²) in [5.74, 6) is 0.288. The van der Waals surface area contributed by atoms with E-state index in [0.717, 1.165) is 16.5 Å². The van der Waals surface area contributed by atoms with E-state index >= 15 is 0 Å². The summed E-state index contributed by atoms with van der Waals surface area (Å²) in [6, 6.07) is 14.4. The molecule has 1 aromatic carbocycles. The van der Waals surface area contributed by atoms with Gasteiger partial charge in [-0.1, -0.05) is 18.2 Å². The van der Waals surface area contributed by atoms with Crippen molar-refractivity contribution in [1.29, 1.82) is 0 Å². The Bertz CT molecular complexity index is 1500. The molecule has 0 aliphatic heterocycles. The summed E-state index contributed by atoms with van der Waals surface area (Å²) in [4.78, 5) is 32.8. The zero-order valence-corrected chi connectivity index (χ0v) is 17.6. The second-order valence-corrected chi connectivity index (χ2v) is 7.84. The number of rotatable bonds is 5. The summed E-state index contributed by atoms with van der Waals surface area (Å²) >= 11 is 0. The molecule has 5 rings (SSSR count). The summed E-state index contributed by atoms with van der Waals surface area (Å²) in [6.07, 6.45) is 3.23. The van der Waals surface area contributed by atoms with Gasteiger partial charge in [0, 0.05) is 29.6 Å². The number of nitrogens with one attached hydrogen (secondary N) is 2. The summed E-state index contributed by atoms with van der Waals surface area (Å²) < 4.78 is 7.29. The molecule has 0 saturated heterocycles. The predicted octanol–water partition coefficient (Wildman–Crippen LogP) is 4.04. The van der Waals surface area contributed by atoms with Gasteiger partial charge in [-0.2, -0.15) is 5.10 Å². The Morgan fingerprint density at radius 3 is 2.78 bits per heavy atom. The van der Waals surface area contributed by atoms with Gasteiger partial charge in [0.25, 0.3) is 5.91 Å². The standard InChI is InChI=1S/C24H21N5O3/c1-14(2)29-23-18(13-26-29)17(11-20(28-23)21-8-5-9-32-21)24(31)25-12-15-10-22(30)27-19-7-4-3-6-16(15)19/h3-11,13-14H,12H2,1-2H3,(H,25,31)(H,27,30). The Balaban J connectivity index is 1.54. The van der Waals surface area contributed by atoms with E-state index in [1.54, 1.807) is 35.3 Å². The van der Waals surface area contributed by atoms with Crippen LogP contribution in [0.1, 0.15) is 35.8 Å². The third kappa shape index (κ3) is 3.45. The van der Waals surface area contributed by atoms with E-state index in [1.165, 1.54) is 6.07 Å². The Hall–Kier alpha value is -4.20. The van der Waals surface area contributed by atoms with Gasteiger partial charge in [-0.05, 0) is 43.7 Å². The first-order chi connectivity index (χ1) is 15.5. The van der Waals surface area contributed by atoms with Gasteiger partial charge in [-0.25, -0.2) is 9.67 Å². The lowest BCUT2D eigenvalue weighted by atomic mass is 10.1. The van der Waals surface area contributed by atoms with Gasteiger partial charge in [0.1, 0.15) is 5.69 Å². The average Bonchev–Trinajstić information content (AvgIpc) is 3.46. The SMILES string of the molecule is CC(C)n1ncc2c(C(=O)NCc3cc(=O)[nH]c4ccccc34)cc(-c3ccco3)nc21. The molecule has 0 fully saturated rings. The first-order valence-electron chi connectivity index (χ1n) is 10.3. The zero-order chi connectivity index (χ0) is 22.2. The van der Waals surface area contributed by atoms with Gasteiger partial charge in [0.2, 0.25) is 5.56 Å². The number of carbonyl (C=O) groups excluding carboxylic acids is 1. The molecule has 0 bridgehead atoms. The molecule has 0 aliphatic carbocycles. The minimum Gasteiger partial charge on any atom is -0.463 e. The van der Waals surface area contributed by atoms with Crippen molar-refractivity contribution in [1.82, 2.24) is 25.1 Å². The van der Waals surface area contributed by atoms with Crippen molar-refractivity contribution >= 4 is 27.8 Å². The Labute approximate surface area is 182 Å². The number of furan rings is 1. The normalized spacial score (nSPS) is 11.5. The fourth-order valence-electron chi connectivity index (χ4n) is 3.83. The van der Waals surface area contributed by atoms with Gasteiger partial charge in [-0.3, -0.25) is 9.59 Å². The Kier molecular flexibility index (Phi) is 4.82. The maximum Gasteiger partial charge on any atom is 0.252 e. The number of aromatic nitrogens is 4. The number of para-hydroxylation sites is 1. The van der Waals surface area contributed by atoms with Crippen LogP contribution in [0.25, 0.3) is 33.4 Å². The number of benzene rings is 1. The van der Waals surface area contributed by atoms with Gasteiger partial charge in [0.05, 0.1) is 23.4 Å². The number of pyridine rings is 2. The second kappa shape index (κ2) is 7.81. The molecule has 4 aromatic heterocycles. The maximum absolute atomic E-state index is 13.3. The molecule has 0 unspecified atom stereocenters. The molecule has 2 N–H and O–H groups in total. The third-order valence-corrected chi connectivity index (χ3v) is 5.35. The lowest BCUT2D eigenvalue weighted by molar-refractivity contribution is 0.0952. The molecule has 32 heavy (non-hydrogen) atoms. The van der Waals surface area contributed by atoms with Gasteiger partial charge in [0.15, 0.2) is 11.4 Å². The van der Waals surface area contributed by atoms with E-state index in [0.29, 0.717) is 28.1 Å². The topological polar surface area (TPSA) is 106 Å². The molecular weight excluding hydrogens is 406 g/mol. The highest BCUT2D eigenvalue weighted by molar-refractivity contribution is 6.06. The lowest BCUT2D eigenvalue weighted by Gasteiger charge is -2.11. The molecule has 8 nitrogen and oxygen atoms in total. The Morgan fingerprint density at radius 1 is 1.16 bits per heavy atom. The van der Waals surface area contributed by atoms with Crippen molar-refractivity contribution in [3.63, 3.8) is 0 Å². The highest BCUT2D eigenvalue weighted by atomic mass is 16.3. The number of fused-ring (bicyclic) bond motifs is 2. The molecule has 4 heterocycles. The van der Waals surface area contributed by atoms with Crippen molar-refractivity contribution in [3.05, 3.63) is 82.5 Å². The smallest absolute Gasteiger partial charge is 0.252 e. The van der Waals surface area contributed by atoms with E-state index in [4.69, 9.17) is 9.40 Å². The van der Waals surface area contributed by atoms with E-state index in [-0.39, 0.29) is 24.1 Å². The van der Waals surface area contributed by atoms with Crippen LogP contribution < -0.4 is 10.9 Å². The van der Waals surface area contributed by atoms with Crippen LogP contribution in [0.15, 0.2) is 70.2 Å².